The summed E-state index contributed by atoms with van der Waals surface area (Å²) in [5, 5.41) is 0. The van der Waals surface area contributed by atoms with Crippen LogP contribution in [0.25, 0.3) is 0 Å². The van der Waals surface area contributed by atoms with Crippen LogP contribution in [0.4, 0.5) is 0 Å². The van der Waals surface area contributed by atoms with E-state index in [1.807, 2.05) is 0 Å². The Morgan fingerprint density at radius 2 is 1.87 bits per heavy atom. The highest BCUT2D eigenvalue weighted by atomic mass is 16.5. The van der Waals surface area contributed by atoms with E-state index in [0.717, 1.165) is 32.8 Å². The summed E-state index contributed by atoms with van der Waals surface area (Å²) < 4.78 is 5.35. The molecule has 1 aromatic carbocycles. The molecular weight excluding hydrogens is 186 g/mol. The second kappa shape index (κ2) is 5.29. The summed E-state index contributed by atoms with van der Waals surface area (Å²) in [5.41, 5.74) is 1.43. The molecule has 1 heterocycles. The molecule has 0 amide bonds. The van der Waals surface area contributed by atoms with Crippen LogP contribution in [0.5, 0.6) is 0 Å². The molecule has 1 aromatic rings. The van der Waals surface area contributed by atoms with Gasteiger partial charge in [-0.15, -0.1) is 0 Å². The third kappa shape index (κ3) is 3.05. The van der Waals surface area contributed by atoms with Crippen molar-refractivity contribution in [3.05, 3.63) is 35.9 Å². The normalized spacial score (nSPS) is 20.1. The fourth-order valence-corrected chi connectivity index (χ4v) is 2.06. The number of hydrogen-bond donors (Lipinski definition) is 0. The zero-order valence-corrected chi connectivity index (χ0v) is 9.36. The number of morpholine rings is 1. The first-order valence-corrected chi connectivity index (χ1v) is 5.71. The topological polar surface area (TPSA) is 12.5 Å². The highest BCUT2D eigenvalue weighted by molar-refractivity contribution is 5.19. The molecule has 2 nitrogen and oxygen atoms in total. The lowest BCUT2D eigenvalue weighted by Crippen LogP contribution is -2.38. The quantitative estimate of drug-likeness (QED) is 0.749. The summed E-state index contributed by atoms with van der Waals surface area (Å²) in [7, 11) is 0. The fourth-order valence-electron chi connectivity index (χ4n) is 2.06. The Hall–Kier alpha value is -0.860. The maximum atomic E-state index is 5.35. The maximum absolute atomic E-state index is 5.35. The first-order valence-electron chi connectivity index (χ1n) is 5.71. The van der Waals surface area contributed by atoms with E-state index in [-0.39, 0.29) is 0 Å². The number of hydrogen-bond acceptors (Lipinski definition) is 2. The van der Waals surface area contributed by atoms with Crippen LogP contribution >= 0.6 is 0 Å². The van der Waals surface area contributed by atoms with Crippen LogP contribution in [-0.2, 0) is 4.74 Å². The summed E-state index contributed by atoms with van der Waals surface area (Å²) in [6, 6.07) is 10.7. The van der Waals surface area contributed by atoms with Gasteiger partial charge in [0.25, 0.3) is 0 Å². The van der Waals surface area contributed by atoms with Crippen molar-refractivity contribution in [3.63, 3.8) is 0 Å². The van der Waals surface area contributed by atoms with Gasteiger partial charge in [-0.25, -0.2) is 0 Å². The van der Waals surface area contributed by atoms with Gasteiger partial charge in [0.1, 0.15) is 0 Å². The Morgan fingerprint density at radius 1 is 1.20 bits per heavy atom. The number of rotatable bonds is 3. The molecule has 0 spiro atoms. The van der Waals surface area contributed by atoms with Crippen LogP contribution in [-0.4, -0.2) is 37.7 Å². The van der Waals surface area contributed by atoms with E-state index in [4.69, 9.17) is 4.74 Å². The number of ether oxygens (including phenoxy) is 1. The predicted octanol–water partition coefficient (Wildman–Crippen LogP) is 2.12. The average molecular weight is 205 g/mol. The lowest BCUT2D eigenvalue weighted by atomic mass is 10.0. The van der Waals surface area contributed by atoms with Gasteiger partial charge >= 0.3 is 0 Å². The van der Waals surface area contributed by atoms with Gasteiger partial charge in [-0.3, -0.25) is 4.90 Å². The van der Waals surface area contributed by atoms with Crippen molar-refractivity contribution in [1.29, 1.82) is 0 Å². The lowest BCUT2D eigenvalue weighted by Gasteiger charge is -2.29. The molecule has 2 rings (SSSR count). The lowest BCUT2D eigenvalue weighted by molar-refractivity contribution is 0.0357. The Labute approximate surface area is 91.9 Å². The minimum Gasteiger partial charge on any atom is -0.379 e. The first-order chi connectivity index (χ1) is 7.36. The fraction of sp³-hybridized carbons (Fsp3) is 0.538. The largest absolute Gasteiger partial charge is 0.379 e. The SMILES string of the molecule is C[C@H](CN1CCOCC1)c1ccccc1. The molecule has 0 N–H and O–H groups in total. The van der Waals surface area contributed by atoms with Gasteiger partial charge in [0.15, 0.2) is 0 Å². The van der Waals surface area contributed by atoms with Gasteiger partial charge in [0.2, 0.25) is 0 Å². The molecule has 0 aromatic heterocycles. The Bertz CT molecular complexity index is 280. The van der Waals surface area contributed by atoms with Crippen LogP contribution in [0, 0.1) is 0 Å². The molecule has 1 aliphatic rings. The zero-order valence-electron chi connectivity index (χ0n) is 9.36. The van der Waals surface area contributed by atoms with Crippen LogP contribution < -0.4 is 0 Å². The summed E-state index contributed by atoms with van der Waals surface area (Å²) in [4.78, 5) is 2.49. The van der Waals surface area contributed by atoms with E-state index in [1.165, 1.54) is 5.56 Å². The molecule has 0 saturated carbocycles. The highest BCUT2D eigenvalue weighted by Gasteiger charge is 2.14. The molecule has 1 aliphatic heterocycles. The maximum Gasteiger partial charge on any atom is 0.0594 e. The van der Waals surface area contributed by atoms with Crippen molar-refractivity contribution < 1.29 is 4.74 Å². The molecule has 2 heteroatoms. The number of benzene rings is 1. The van der Waals surface area contributed by atoms with E-state index in [0.29, 0.717) is 5.92 Å². The molecule has 0 aliphatic carbocycles. The summed E-state index contributed by atoms with van der Waals surface area (Å²) in [5.74, 6) is 0.615. The first kappa shape index (κ1) is 10.7. The summed E-state index contributed by atoms with van der Waals surface area (Å²) in [6.45, 7) is 7.38. The van der Waals surface area contributed by atoms with E-state index in [9.17, 15) is 0 Å². The van der Waals surface area contributed by atoms with Crippen molar-refractivity contribution in [3.8, 4) is 0 Å². The monoisotopic (exact) mass is 205 g/mol. The van der Waals surface area contributed by atoms with Crippen molar-refractivity contribution in [1.82, 2.24) is 4.90 Å². The Kier molecular flexibility index (Phi) is 3.75. The molecule has 0 radical (unpaired) electrons. The van der Waals surface area contributed by atoms with Gasteiger partial charge in [0.05, 0.1) is 13.2 Å². The van der Waals surface area contributed by atoms with Gasteiger partial charge in [-0.05, 0) is 11.5 Å². The smallest absolute Gasteiger partial charge is 0.0594 e. The Morgan fingerprint density at radius 3 is 2.53 bits per heavy atom. The molecule has 82 valence electrons. The predicted molar refractivity (Wildman–Crippen MR) is 62.1 cm³/mol. The Balaban J connectivity index is 1.88. The second-order valence-electron chi connectivity index (χ2n) is 4.22. The van der Waals surface area contributed by atoms with Gasteiger partial charge in [-0.1, -0.05) is 37.3 Å². The van der Waals surface area contributed by atoms with Gasteiger partial charge in [-0.2, -0.15) is 0 Å². The highest BCUT2D eigenvalue weighted by Crippen LogP contribution is 2.16. The molecule has 15 heavy (non-hydrogen) atoms. The van der Waals surface area contributed by atoms with Crippen molar-refractivity contribution in [2.45, 2.75) is 12.8 Å². The van der Waals surface area contributed by atoms with Gasteiger partial charge in [0, 0.05) is 19.6 Å². The van der Waals surface area contributed by atoms with Crippen molar-refractivity contribution in [2.75, 3.05) is 32.8 Å². The van der Waals surface area contributed by atoms with Crippen molar-refractivity contribution >= 4 is 0 Å². The van der Waals surface area contributed by atoms with Gasteiger partial charge < -0.3 is 4.74 Å². The third-order valence-corrected chi connectivity index (χ3v) is 3.00. The summed E-state index contributed by atoms with van der Waals surface area (Å²) >= 11 is 0. The van der Waals surface area contributed by atoms with Crippen LogP contribution in [0.15, 0.2) is 30.3 Å². The molecule has 0 unspecified atom stereocenters. The molecule has 1 atom stereocenters. The van der Waals surface area contributed by atoms with E-state index < -0.39 is 0 Å². The summed E-state index contributed by atoms with van der Waals surface area (Å²) in [6.07, 6.45) is 0. The molecule has 0 bridgehead atoms. The minimum absolute atomic E-state index is 0.615. The molecule has 1 fully saturated rings. The van der Waals surface area contributed by atoms with E-state index in [1.54, 1.807) is 0 Å². The van der Waals surface area contributed by atoms with Crippen LogP contribution in [0.2, 0.25) is 0 Å². The molecular formula is C13H19NO. The van der Waals surface area contributed by atoms with Crippen LogP contribution in [0.1, 0.15) is 18.4 Å². The minimum atomic E-state index is 0.615. The number of nitrogens with zero attached hydrogens (tertiary/aromatic N) is 1. The van der Waals surface area contributed by atoms with Crippen molar-refractivity contribution in [2.24, 2.45) is 0 Å². The zero-order chi connectivity index (χ0) is 10.5. The molecule has 1 saturated heterocycles. The van der Waals surface area contributed by atoms with Crippen LogP contribution in [0.3, 0.4) is 0 Å². The standard InChI is InChI=1S/C13H19NO/c1-12(13-5-3-2-4-6-13)11-14-7-9-15-10-8-14/h2-6,12H,7-11H2,1H3/t12-/m1/s1. The average Bonchev–Trinajstić information content (AvgIpc) is 2.31. The van der Waals surface area contributed by atoms with E-state index >= 15 is 0 Å². The second-order valence-corrected chi connectivity index (χ2v) is 4.22. The third-order valence-electron chi connectivity index (χ3n) is 3.00. The van der Waals surface area contributed by atoms with E-state index in [2.05, 4.69) is 42.2 Å².